The zero-order valence-electron chi connectivity index (χ0n) is 11.4. The molecule has 2 amide bonds. The number of rotatable bonds is 7. The van der Waals surface area contributed by atoms with Gasteiger partial charge in [-0.25, -0.2) is 0 Å². The Morgan fingerprint density at radius 2 is 1.94 bits per heavy atom. The Labute approximate surface area is 109 Å². The van der Waals surface area contributed by atoms with Crippen molar-refractivity contribution in [1.29, 1.82) is 0 Å². The molecule has 5 heteroatoms. The van der Waals surface area contributed by atoms with Gasteiger partial charge in [0.05, 0.1) is 0 Å². The van der Waals surface area contributed by atoms with Gasteiger partial charge in [0.1, 0.15) is 0 Å². The lowest BCUT2D eigenvalue weighted by Crippen LogP contribution is -2.42. The maximum absolute atomic E-state index is 11.7. The van der Waals surface area contributed by atoms with Gasteiger partial charge in [-0.1, -0.05) is 6.42 Å². The first kappa shape index (κ1) is 15.0. The quantitative estimate of drug-likeness (QED) is 0.620. The van der Waals surface area contributed by atoms with Crippen molar-refractivity contribution in [2.24, 2.45) is 11.1 Å². The van der Waals surface area contributed by atoms with E-state index in [1.54, 1.807) is 0 Å². The summed E-state index contributed by atoms with van der Waals surface area (Å²) in [6, 6.07) is 0.142. The van der Waals surface area contributed by atoms with Crippen LogP contribution in [-0.4, -0.2) is 30.9 Å². The molecule has 0 aliphatic heterocycles. The average Bonchev–Trinajstić information content (AvgIpc) is 2.22. The van der Waals surface area contributed by atoms with Crippen molar-refractivity contribution in [3.8, 4) is 0 Å². The van der Waals surface area contributed by atoms with E-state index in [0.29, 0.717) is 25.9 Å². The highest BCUT2D eigenvalue weighted by molar-refractivity contribution is 5.79. The van der Waals surface area contributed by atoms with Gasteiger partial charge in [0, 0.05) is 25.4 Å². The maximum Gasteiger partial charge on any atom is 0.221 e. The summed E-state index contributed by atoms with van der Waals surface area (Å²) in [5.74, 6) is -0.0139. The fourth-order valence-electron chi connectivity index (χ4n) is 2.24. The van der Waals surface area contributed by atoms with Crippen molar-refractivity contribution >= 4 is 11.8 Å². The first-order chi connectivity index (χ1) is 8.47. The fourth-order valence-corrected chi connectivity index (χ4v) is 2.24. The number of carbonyl (C=O) groups excluding carboxylic acids is 2. The van der Waals surface area contributed by atoms with Crippen molar-refractivity contribution in [1.82, 2.24) is 10.6 Å². The predicted molar refractivity (Wildman–Crippen MR) is 70.9 cm³/mol. The number of hydrogen-bond acceptors (Lipinski definition) is 3. The molecule has 0 heterocycles. The zero-order chi connectivity index (χ0) is 13.6. The van der Waals surface area contributed by atoms with Crippen LogP contribution in [0.1, 0.15) is 46.0 Å². The van der Waals surface area contributed by atoms with Crippen LogP contribution in [0.15, 0.2) is 0 Å². The molecule has 0 radical (unpaired) electrons. The minimum atomic E-state index is -0.0255. The summed E-state index contributed by atoms with van der Waals surface area (Å²) in [7, 11) is 0. The predicted octanol–water partition coefficient (Wildman–Crippen LogP) is 0.536. The van der Waals surface area contributed by atoms with Gasteiger partial charge in [-0.05, 0) is 38.6 Å². The van der Waals surface area contributed by atoms with E-state index in [0.717, 1.165) is 12.8 Å². The van der Waals surface area contributed by atoms with E-state index in [-0.39, 0.29) is 23.3 Å². The number of nitrogens with two attached hydrogens (primary N) is 1. The van der Waals surface area contributed by atoms with E-state index in [4.69, 9.17) is 5.73 Å². The number of nitrogens with one attached hydrogen (secondary N) is 2. The van der Waals surface area contributed by atoms with Crippen LogP contribution in [0.2, 0.25) is 0 Å². The second kappa shape index (κ2) is 6.73. The first-order valence-electron chi connectivity index (χ1n) is 6.73. The summed E-state index contributed by atoms with van der Waals surface area (Å²) in [6.07, 6.45) is 4.09. The summed E-state index contributed by atoms with van der Waals surface area (Å²) in [4.78, 5) is 23.1. The summed E-state index contributed by atoms with van der Waals surface area (Å²) in [6.45, 7) is 4.81. The van der Waals surface area contributed by atoms with Crippen molar-refractivity contribution in [2.45, 2.75) is 52.0 Å². The van der Waals surface area contributed by atoms with Gasteiger partial charge in [-0.3, -0.25) is 9.59 Å². The molecule has 0 aromatic carbocycles. The molecule has 1 aliphatic carbocycles. The summed E-state index contributed by atoms with van der Waals surface area (Å²) in [5.41, 5.74) is 5.74. The van der Waals surface area contributed by atoms with E-state index in [1.807, 2.05) is 13.8 Å². The molecule has 4 N–H and O–H groups in total. The number of amides is 2. The van der Waals surface area contributed by atoms with Crippen LogP contribution in [0, 0.1) is 5.41 Å². The van der Waals surface area contributed by atoms with Crippen LogP contribution in [-0.2, 0) is 9.59 Å². The van der Waals surface area contributed by atoms with Gasteiger partial charge in [0.15, 0.2) is 0 Å². The normalized spacial score (nSPS) is 17.1. The van der Waals surface area contributed by atoms with Gasteiger partial charge < -0.3 is 16.4 Å². The molecule has 0 unspecified atom stereocenters. The molecule has 5 nitrogen and oxygen atoms in total. The van der Waals surface area contributed by atoms with Crippen LogP contribution < -0.4 is 16.4 Å². The van der Waals surface area contributed by atoms with Crippen molar-refractivity contribution in [3.63, 3.8) is 0 Å². The lowest BCUT2D eigenvalue weighted by atomic mass is 9.66. The molecule has 18 heavy (non-hydrogen) atoms. The maximum atomic E-state index is 11.7. The Balaban J connectivity index is 2.15. The minimum absolute atomic E-state index is 0.0116. The summed E-state index contributed by atoms with van der Waals surface area (Å²) < 4.78 is 0. The summed E-state index contributed by atoms with van der Waals surface area (Å²) >= 11 is 0. The molecule has 0 saturated heterocycles. The van der Waals surface area contributed by atoms with E-state index in [1.165, 1.54) is 6.42 Å². The number of carbonyl (C=O) groups is 2. The molecule has 104 valence electrons. The summed E-state index contributed by atoms with van der Waals surface area (Å²) in [5, 5.41) is 5.58. The van der Waals surface area contributed by atoms with Crippen LogP contribution in [0.3, 0.4) is 0 Å². The lowest BCUT2D eigenvalue weighted by Gasteiger charge is -2.40. The third-order valence-electron chi connectivity index (χ3n) is 3.51. The first-order valence-corrected chi connectivity index (χ1v) is 6.73. The van der Waals surface area contributed by atoms with Crippen LogP contribution in [0.25, 0.3) is 0 Å². The average molecular weight is 255 g/mol. The third kappa shape index (κ3) is 4.64. The Bertz CT molecular complexity index is 293. The Hall–Kier alpha value is -1.10. The van der Waals surface area contributed by atoms with Crippen LogP contribution >= 0.6 is 0 Å². The van der Waals surface area contributed by atoms with Crippen molar-refractivity contribution in [3.05, 3.63) is 0 Å². The van der Waals surface area contributed by atoms with Crippen molar-refractivity contribution < 1.29 is 9.59 Å². The second-order valence-corrected chi connectivity index (χ2v) is 5.56. The fraction of sp³-hybridized carbons (Fsp3) is 0.846. The highest BCUT2D eigenvalue weighted by Gasteiger charge is 2.37. The van der Waals surface area contributed by atoms with Gasteiger partial charge in [0.2, 0.25) is 11.8 Å². The van der Waals surface area contributed by atoms with E-state index >= 15 is 0 Å². The molecule has 0 atom stereocenters. The van der Waals surface area contributed by atoms with Crippen molar-refractivity contribution in [2.75, 3.05) is 13.1 Å². The molecule has 1 saturated carbocycles. The standard InChI is InChI=1S/C13H25N3O2/c1-10(2)16-11(17)4-7-15-12(18)8-13(9-14)5-3-6-13/h10H,3-9,14H2,1-2H3,(H,15,18)(H,16,17). The minimum Gasteiger partial charge on any atom is -0.356 e. The van der Waals surface area contributed by atoms with E-state index < -0.39 is 0 Å². The zero-order valence-corrected chi connectivity index (χ0v) is 11.4. The topological polar surface area (TPSA) is 84.2 Å². The van der Waals surface area contributed by atoms with E-state index in [9.17, 15) is 9.59 Å². The third-order valence-corrected chi connectivity index (χ3v) is 3.51. The Kier molecular flexibility index (Phi) is 5.59. The molecular formula is C13H25N3O2. The number of hydrogen-bond donors (Lipinski definition) is 3. The molecule has 1 aliphatic rings. The highest BCUT2D eigenvalue weighted by atomic mass is 16.2. The molecule has 0 bridgehead atoms. The van der Waals surface area contributed by atoms with E-state index in [2.05, 4.69) is 10.6 Å². The molecule has 0 spiro atoms. The van der Waals surface area contributed by atoms with Gasteiger partial charge in [-0.15, -0.1) is 0 Å². The highest BCUT2D eigenvalue weighted by Crippen LogP contribution is 2.42. The Morgan fingerprint density at radius 3 is 2.39 bits per heavy atom. The second-order valence-electron chi connectivity index (χ2n) is 5.56. The van der Waals surface area contributed by atoms with Crippen LogP contribution in [0.5, 0.6) is 0 Å². The lowest BCUT2D eigenvalue weighted by molar-refractivity contribution is -0.125. The molecule has 0 aromatic rings. The van der Waals surface area contributed by atoms with Gasteiger partial charge >= 0.3 is 0 Å². The largest absolute Gasteiger partial charge is 0.356 e. The van der Waals surface area contributed by atoms with Gasteiger partial charge in [0.25, 0.3) is 0 Å². The molecular weight excluding hydrogens is 230 g/mol. The SMILES string of the molecule is CC(C)NC(=O)CCNC(=O)CC1(CN)CCC1. The Morgan fingerprint density at radius 1 is 1.28 bits per heavy atom. The smallest absolute Gasteiger partial charge is 0.221 e. The molecule has 1 rings (SSSR count). The monoisotopic (exact) mass is 255 g/mol. The molecule has 1 fully saturated rings. The molecule has 0 aromatic heterocycles. The van der Waals surface area contributed by atoms with Crippen LogP contribution in [0.4, 0.5) is 0 Å². The van der Waals surface area contributed by atoms with Gasteiger partial charge in [-0.2, -0.15) is 0 Å².